The standard InChI is InChI=1S/C11H15N3O3/c1-8(10-3-2-6-17-10)13-11-5-4-9(7-12-11)14(15)16/h4-5,7-8,10H,2-3,6H2,1H3,(H,12,13). The molecule has 1 N–H and O–H groups in total. The summed E-state index contributed by atoms with van der Waals surface area (Å²) in [5, 5.41) is 13.7. The average Bonchev–Trinajstić information content (AvgIpc) is 2.83. The lowest BCUT2D eigenvalue weighted by Gasteiger charge is -2.20. The zero-order valence-corrected chi connectivity index (χ0v) is 9.63. The van der Waals surface area contributed by atoms with E-state index in [1.54, 1.807) is 6.07 Å². The van der Waals surface area contributed by atoms with Gasteiger partial charge in [0.2, 0.25) is 0 Å². The number of pyridine rings is 1. The molecule has 1 aromatic rings. The highest BCUT2D eigenvalue weighted by Gasteiger charge is 2.22. The summed E-state index contributed by atoms with van der Waals surface area (Å²) >= 11 is 0. The lowest BCUT2D eigenvalue weighted by molar-refractivity contribution is -0.385. The molecule has 2 heterocycles. The molecule has 0 amide bonds. The van der Waals surface area contributed by atoms with Crippen molar-refractivity contribution in [2.24, 2.45) is 0 Å². The molecule has 0 bridgehead atoms. The van der Waals surface area contributed by atoms with Crippen LogP contribution < -0.4 is 5.32 Å². The number of hydrogen-bond acceptors (Lipinski definition) is 5. The molecule has 1 aromatic heterocycles. The van der Waals surface area contributed by atoms with Crippen LogP contribution in [0.15, 0.2) is 18.3 Å². The fraction of sp³-hybridized carbons (Fsp3) is 0.545. The second-order valence-corrected chi connectivity index (χ2v) is 4.14. The monoisotopic (exact) mass is 237 g/mol. The fourth-order valence-electron chi connectivity index (χ4n) is 1.90. The van der Waals surface area contributed by atoms with E-state index in [2.05, 4.69) is 10.3 Å². The summed E-state index contributed by atoms with van der Waals surface area (Å²) in [5.74, 6) is 0.638. The minimum absolute atomic E-state index is 0.000296. The number of anilines is 1. The van der Waals surface area contributed by atoms with Crippen LogP contribution in [0, 0.1) is 10.1 Å². The first-order valence-corrected chi connectivity index (χ1v) is 5.65. The van der Waals surface area contributed by atoms with E-state index in [9.17, 15) is 10.1 Å². The number of nitrogens with zero attached hydrogens (tertiary/aromatic N) is 2. The first-order chi connectivity index (χ1) is 8.16. The summed E-state index contributed by atoms with van der Waals surface area (Å²) in [6.45, 7) is 2.84. The van der Waals surface area contributed by atoms with Gasteiger partial charge in [-0.15, -0.1) is 0 Å². The molecule has 17 heavy (non-hydrogen) atoms. The molecule has 0 aliphatic carbocycles. The maximum absolute atomic E-state index is 10.5. The zero-order chi connectivity index (χ0) is 12.3. The predicted molar refractivity (Wildman–Crippen MR) is 63.0 cm³/mol. The van der Waals surface area contributed by atoms with E-state index in [-0.39, 0.29) is 17.8 Å². The molecule has 1 fully saturated rings. The number of rotatable bonds is 4. The highest BCUT2D eigenvalue weighted by molar-refractivity contribution is 5.40. The highest BCUT2D eigenvalue weighted by Crippen LogP contribution is 2.19. The number of ether oxygens (including phenoxy) is 1. The lowest BCUT2D eigenvalue weighted by atomic mass is 10.1. The first kappa shape index (κ1) is 11.8. The van der Waals surface area contributed by atoms with E-state index in [1.807, 2.05) is 6.92 Å². The Morgan fingerprint density at radius 1 is 1.65 bits per heavy atom. The van der Waals surface area contributed by atoms with Crippen LogP contribution in [0.25, 0.3) is 0 Å². The van der Waals surface area contributed by atoms with Gasteiger partial charge in [0.05, 0.1) is 17.1 Å². The van der Waals surface area contributed by atoms with Crippen LogP contribution in [0.2, 0.25) is 0 Å². The number of aromatic nitrogens is 1. The summed E-state index contributed by atoms with van der Waals surface area (Å²) in [6.07, 6.45) is 3.59. The van der Waals surface area contributed by atoms with Crippen molar-refractivity contribution in [2.45, 2.75) is 31.9 Å². The van der Waals surface area contributed by atoms with E-state index < -0.39 is 4.92 Å². The van der Waals surface area contributed by atoms with Gasteiger partial charge in [0.15, 0.2) is 0 Å². The van der Waals surface area contributed by atoms with Gasteiger partial charge in [-0.1, -0.05) is 0 Å². The van der Waals surface area contributed by atoms with Crippen molar-refractivity contribution in [2.75, 3.05) is 11.9 Å². The highest BCUT2D eigenvalue weighted by atomic mass is 16.6. The van der Waals surface area contributed by atoms with Gasteiger partial charge in [-0.25, -0.2) is 4.98 Å². The molecule has 1 aliphatic heterocycles. The normalized spacial score (nSPS) is 21.1. The van der Waals surface area contributed by atoms with Gasteiger partial charge in [0.25, 0.3) is 5.69 Å². The Kier molecular flexibility index (Phi) is 3.53. The van der Waals surface area contributed by atoms with Crippen LogP contribution >= 0.6 is 0 Å². The second-order valence-electron chi connectivity index (χ2n) is 4.14. The number of nitro groups is 1. The van der Waals surface area contributed by atoms with Gasteiger partial charge in [-0.2, -0.15) is 0 Å². The van der Waals surface area contributed by atoms with Crippen LogP contribution in [0.5, 0.6) is 0 Å². The third kappa shape index (κ3) is 2.91. The number of hydrogen-bond donors (Lipinski definition) is 1. The quantitative estimate of drug-likeness (QED) is 0.639. The molecular weight excluding hydrogens is 222 g/mol. The van der Waals surface area contributed by atoms with Crippen molar-refractivity contribution in [1.82, 2.24) is 4.98 Å². The van der Waals surface area contributed by atoms with Crippen molar-refractivity contribution in [3.05, 3.63) is 28.4 Å². The minimum atomic E-state index is -0.458. The lowest BCUT2D eigenvalue weighted by Crippen LogP contribution is -2.30. The molecule has 2 rings (SSSR count). The maximum Gasteiger partial charge on any atom is 0.287 e. The molecule has 0 spiro atoms. The summed E-state index contributed by atoms with van der Waals surface area (Å²) in [4.78, 5) is 14.0. The predicted octanol–water partition coefficient (Wildman–Crippen LogP) is 1.97. The molecule has 0 saturated carbocycles. The Balaban J connectivity index is 1.96. The largest absolute Gasteiger partial charge is 0.376 e. The second kappa shape index (κ2) is 5.09. The summed E-state index contributed by atoms with van der Waals surface area (Å²) in [7, 11) is 0. The van der Waals surface area contributed by atoms with Gasteiger partial charge in [-0.05, 0) is 25.8 Å². The number of nitrogens with one attached hydrogen (secondary N) is 1. The summed E-state index contributed by atoms with van der Waals surface area (Å²) < 4.78 is 5.55. The third-order valence-corrected chi connectivity index (χ3v) is 2.86. The minimum Gasteiger partial charge on any atom is -0.376 e. The smallest absolute Gasteiger partial charge is 0.287 e. The van der Waals surface area contributed by atoms with Crippen LogP contribution in [0.3, 0.4) is 0 Å². The van der Waals surface area contributed by atoms with Gasteiger partial charge in [-0.3, -0.25) is 10.1 Å². The van der Waals surface area contributed by atoms with E-state index in [0.29, 0.717) is 5.82 Å². The van der Waals surface area contributed by atoms with Gasteiger partial charge in [0, 0.05) is 12.7 Å². The van der Waals surface area contributed by atoms with Crippen LogP contribution in [0.4, 0.5) is 11.5 Å². The molecule has 1 saturated heterocycles. The Bertz CT molecular complexity index is 387. The van der Waals surface area contributed by atoms with Gasteiger partial charge >= 0.3 is 0 Å². The fourth-order valence-corrected chi connectivity index (χ4v) is 1.90. The molecule has 2 unspecified atom stereocenters. The van der Waals surface area contributed by atoms with E-state index in [4.69, 9.17) is 4.74 Å². The van der Waals surface area contributed by atoms with Crippen LogP contribution in [-0.4, -0.2) is 28.7 Å². The Morgan fingerprint density at radius 2 is 2.47 bits per heavy atom. The Morgan fingerprint density at radius 3 is 3.00 bits per heavy atom. The zero-order valence-electron chi connectivity index (χ0n) is 9.63. The maximum atomic E-state index is 10.5. The SMILES string of the molecule is CC(Nc1ccc([N+](=O)[O-])cn1)C1CCCO1. The van der Waals surface area contributed by atoms with E-state index in [1.165, 1.54) is 12.3 Å². The molecule has 92 valence electrons. The molecule has 1 aliphatic rings. The summed E-state index contributed by atoms with van der Waals surface area (Å²) in [5.41, 5.74) is 0.000296. The molecule has 2 atom stereocenters. The molecule has 6 heteroatoms. The molecular formula is C11H15N3O3. The van der Waals surface area contributed by atoms with Crippen molar-refractivity contribution in [3.63, 3.8) is 0 Å². The molecule has 0 aromatic carbocycles. The van der Waals surface area contributed by atoms with Crippen molar-refractivity contribution < 1.29 is 9.66 Å². The average molecular weight is 237 g/mol. The summed E-state index contributed by atoms with van der Waals surface area (Å²) in [6, 6.07) is 3.22. The van der Waals surface area contributed by atoms with Crippen molar-refractivity contribution >= 4 is 11.5 Å². The van der Waals surface area contributed by atoms with E-state index >= 15 is 0 Å². The van der Waals surface area contributed by atoms with Gasteiger partial charge < -0.3 is 10.1 Å². The van der Waals surface area contributed by atoms with Crippen molar-refractivity contribution in [1.29, 1.82) is 0 Å². The van der Waals surface area contributed by atoms with Crippen LogP contribution in [-0.2, 0) is 4.74 Å². The van der Waals surface area contributed by atoms with Gasteiger partial charge in [0.1, 0.15) is 12.0 Å². The Labute approximate surface area is 99.2 Å². The van der Waals surface area contributed by atoms with E-state index in [0.717, 1.165) is 19.4 Å². The third-order valence-electron chi connectivity index (χ3n) is 2.86. The topological polar surface area (TPSA) is 77.3 Å². The molecule has 0 radical (unpaired) electrons. The van der Waals surface area contributed by atoms with Crippen LogP contribution in [0.1, 0.15) is 19.8 Å². The Hall–Kier alpha value is -1.69. The molecule has 6 nitrogen and oxygen atoms in total. The first-order valence-electron chi connectivity index (χ1n) is 5.65. The van der Waals surface area contributed by atoms with Crippen molar-refractivity contribution in [3.8, 4) is 0 Å².